The first kappa shape index (κ1) is 18.3. The normalized spacial score (nSPS) is 13.1. The van der Waals surface area contributed by atoms with Gasteiger partial charge in [0.15, 0.2) is 0 Å². The minimum absolute atomic E-state index is 0.173. The maximum absolute atomic E-state index is 13.0. The van der Waals surface area contributed by atoms with Gasteiger partial charge < -0.3 is 10.3 Å². The zero-order chi connectivity index (χ0) is 17.3. The van der Waals surface area contributed by atoms with Gasteiger partial charge in [0.2, 0.25) is 5.56 Å². The second-order valence-electron chi connectivity index (χ2n) is 4.03. The molecule has 0 aliphatic carbocycles. The molecular weight excluding hydrogens is 349 g/mol. The van der Waals surface area contributed by atoms with Gasteiger partial charge in [-0.25, -0.2) is 0 Å². The SMILES string of the molecule is O=C(NCc1cc(Cl)[nH]c(=O)c1)C(F)(F)C(F)(F)C(F)(F)F. The van der Waals surface area contributed by atoms with Gasteiger partial charge in [0.25, 0.3) is 5.91 Å². The summed E-state index contributed by atoms with van der Waals surface area (Å²) in [6, 6.07) is 1.77. The third-order valence-electron chi connectivity index (χ3n) is 2.36. The van der Waals surface area contributed by atoms with Crippen LogP contribution in [0.1, 0.15) is 5.56 Å². The lowest BCUT2D eigenvalue weighted by Crippen LogP contribution is -2.59. The zero-order valence-electron chi connectivity index (χ0n) is 10.2. The second-order valence-corrected chi connectivity index (χ2v) is 4.44. The molecule has 1 heterocycles. The quantitative estimate of drug-likeness (QED) is 0.644. The van der Waals surface area contributed by atoms with Crippen LogP contribution in [0.15, 0.2) is 16.9 Å². The number of carbonyl (C=O) groups is 1. The Labute approximate surface area is 122 Å². The van der Waals surface area contributed by atoms with Crippen LogP contribution < -0.4 is 10.9 Å². The first-order valence-electron chi connectivity index (χ1n) is 5.28. The van der Waals surface area contributed by atoms with Crippen LogP contribution in [-0.4, -0.2) is 28.9 Å². The fourth-order valence-corrected chi connectivity index (χ4v) is 1.51. The number of aromatic nitrogens is 1. The van der Waals surface area contributed by atoms with E-state index in [1.165, 1.54) is 5.32 Å². The second kappa shape index (κ2) is 5.78. The first-order chi connectivity index (χ1) is 9.79. The van der Waals surface area contributed by atoms with E-state index in [0.717, 1.165) is 12.1 Å². The van der Waals surface area contributed by atoms with Gasteiger partial charge in [0, 0.05) is 12.6 Å². The molecule has 1 rings (SSSR count). The molecule has 0 aliphatic heterocycles. The largest absolute Gasteiger partial charge is 0.460 e. The molecule has 0 saturated heterocycles. The molecule has 0 bridgehead atoms. The summed E-state index contributed by atoms with van der Waals surface area (Å²) >= 11 is 5.40. The zero-order valence-corrected chi connectivity index (χ0v) is 11.0. The molecule has 0 saturated carbocycles. The van der Waals surface area contributed by atoms with E-state index in [1.54, 1.807) is 0 Å². The van der Waals surface area contributed by atoms with Crippen molar-refractivity contribution in [2.75, 3.05) is 0 Å². The average Bonchev–Trinajstić information content (AvgIpc) is 2.33. The van der Waals surface area contributed by atoms with E-state index in [1.807, 2.05) is 0 Å². The van der Waals surface area contributed by atoms with E-state index >= 15 is 0 Å². The standard InChI is InChI=1S/C10H6ClF7N2O2/c11-5-1-4(2-6(21)20-5)3-19-7(22)8(12,13)9(14,15)10(16,17)18/h1-2H,3H2,(H,19,22)(H,20,21). The number of aromatic amines is 1. The Balaban J connectivity index is 2.90. The predicted octanol–water partition coefficient (Wildman–Crippen LogP) is 2.48. The highest BCUT2D eigenvalue weighted by molar-refractivity contribution is 6.29. The van der Waals surface area contributed by atoms with Crippen LogP contribution in [0.3, 0.4) is 0 Å². The maximum Gasteiger partial charge on any atom is 0.460 e. The highest BCUT2D eigenvalue weighted by Crippen LogP contribution is 2.46. The molecule has 1 amide bonds. The monoisotopic (exact) mass is 354 g/mol. The van der Waals surface area contributed by atoms with Crippen LogP contribution in [0.4, 0.5) is 30.7 Å². The Morgan fingerprint density at radius 2 is 1.68 bits per heavy atom. The van der Waals surface area contributed by atoms with E-state index < -0.39 is 36.0 Å². The fourth-order valence-electron chi connectivity index (χ4n) is 1.28. The van der Waals surface area contributed by atoms with E-state index in [9.17, 15) is 40.3 Å². The van der Waals surface area contributed by atoms with Gasteiger partial charge in [-0.05, 0) is 11.6 Å². The van der Waals surface area contributed by atoms with Crippen molar-refractivity contribution in [3.8, 4) is 0 Å². The summed E-state index contributed by atoms with van der Waals surface area (Å²) in [5.74, 6) is -15.4. The summed E-state index contributed by atoms with van der Waals surface area (Å²) in [4.78, 5) is 24.0. The molecule has 2 N–H and O–H groups in total. The lowest BCUT2D eigenvalue weighted by molar-refractivity contribution is -0.344. The molecule has 0 atom stereocenters. The Morgan fingerprint density at radius 3 is 2.14 bits per heavy atom. The van der Waals surface area contributed by atoms with Crippen molar-refractivity contribution in [1.29, 1.82) is 0 Å². The van der Waals surface area contributed by atoms with E-state index in [0.29, 0.717) is 0 Å². The molecular formula is C10H6ClF7N2O2. The van der Waals surface area contributed by atoms with E-state index in [2.05, 4.69) is 4.98 Å². The smallest absolute Gasteiger partial charge is 0.347 e. The lowest BCUT2D eigenvalue weighted by Gasteiger charge is -2.27. The van der Waals surface area contributed by atoms with Crippen molar-refractivity contribution >= 4 is 17.5 Å². The number of nitrogens with one attached hydrogen (secondary N) is 2. The minimum Gasteiger partial charge on any atom is -0.347 e. The molecule has 1 aromatic rings. The summed E-state index contributed by atoms with van der Waals surface area (Å²) in [5.41, 5.74) is -0.961. The molecule has 0 fully saturated rings. The molecule has 124 valence electrons. The topological polar surface area (TPSA) is 62.0 Å². The number of alkyl halides is 7. The van der Waals surface area contributed by atoms with Crippen LogP contribution in [-0.2, 0) is 11.3 Å². The van der Waals surface area contributed by atoms with Gasteiger partial charge in [-0.15, -0.1) is 0 Å². The number of carbonyl (C=O) groups excluding carboxylic acids is 1. The third kappa shape index (κ3) is 3.51. The van der Waals surface area contributed by atoms with E-state index in [4.69, 9.17) is 11.6 Å². The summed E-state index contributed by atoms with van der Waals surface area (Å²) in [6.45, 7) is -0.897. The van der Waals surface area contributed by atoms with Gasteiger partial charge in [-0.3, -0.25) is 9.59 Å². The van der Waals surface area contributed by atoms with Gasteiger partial charge in [-0.2, -0.15) is 30.7 Å². The van der Waals surface area contributed by atoms with Gasteiger partial charge >= 0.3 is 18.0 Å². The summed E-state index contributed by atoms with van der Waals surface area (Å²) in [5, 5.41) is 0.945. The molecule has 0 radical (unpaired) electrons. The molecule has 0 spiro atoms. The number of amides is 1. The summed E-state index contributed by atoms with van der Waals surface area (Å²) in [7, 11) is 0. The lowest BCUT2D eigenvalue weighted by atomic mass is 10.1. The number of hydrogen-bond acceptors (Lipinski definition) is 2. The van der Waals surface area contributed by atoms with Crippen LogP contribution >= 0.6 is 11.6 Å². The maximum atomic E-state index is 13.0. The molecule has 12 heteroatoms. The Kier molecular flexibility index (Phi) is 4.80. The molecule has 1 aromatic heterocycles. The molecule has 0 unspecified atom stereocenters. The van der Waals surface area contributed by atoms with Crippen LogP contribution in [0, 0.1) is 0 Å². The van der Waals surface area contributed by atoms with Crippen molar-refractivity contribution in [1.82, 2.24) is 10.3 Å². The Morgan fingerprint density at radius 1 is 1.14 bits per heavy atom. The van der Waals surface area contributed by atoms with E-state index in [-0.39, 0.29) is 10.7 Å². The van der Waals surface area contributed by atoms with Crippen molar-refractivity contribution in [2.24, 2.45) is 0 Å². The number of H-pyrrole nitrogens is 1. The number of halogens is 8. The van der Waals surface area contributed by atoms with Crippen molar-refractivity contribution in [2.45, 2.75) is 24.6 Å². The fraction of sp³-hybridized carbons (Fsp3) is 0.400. The summed E-state index contributed by atoms with van der Waals surface area (Å²) in [6.07, 6.45) is -6.61. The van der Waals surface area contributed by atoms with Crippen molar-refractivity contribution in [3.63, 3.8) is 0 Å². The Bertz CT molecular complexity index is 626. The summed E-state index contributed by atoms with van der Waals surface area (Å²) < 4.78 is 86.8. The highest BCUT2D eigenvalue weighted by Gasteiger charge is 2.76. The van der Waals surface area contributed by atoms with Crippen LogP contribution in [0.5, 0.6) is 0 Å². The van der Waals surface area contributed by atoms with Crippen LogP contribution in [0.2, 0.25) is 5.15 Å². The number of pyridine rings is 1. The third-order valence-corrected chi connectivity index (χ3v) is 2.56. The van der Waals surface area contributed by atoms with Gasteiger partial charge in [-0.1, -0.05) is 11.6 Å². The van der Waals surface area contributed by atoms with Gasteiger partial charge in [0.05, 0.1) is 0 Å². The number of hydrogen-bond donors (Lipinski definition) is 2. The highest BCUT2D eigenvalue weighted by atomic mass is 35.5. The Hall–Kier alpha value is -1.78. The minimum atomic E-state index is -6.61. The first-order valence-corrected chi connectivity index (χ1v) is 5.66. The van der Waals surface area contributed by atoms with Crippen molar-refractivity contribution in [3.05, 3.63) is 33.2 Å². The molecule has 0 aromatic carbocycles. The van der Waals surface area contributed by atoms with Crippen LogP contribution in [0.25, 0.3) is 0 Å². The molecule has 22 heavy (non-hydrogen) atoms. The van der Waals surface area contributed by atoms with Gasteiger partial charge in [0.1, 0.15) is 5.15 Å². The van der Waals surface area contributed by atoms with Crippen molar-refractivity contribution < 1.29 is 35.5 Å². The predicted molar refractivity (Wildman–Crippen MR) is 59.9 cm³/mol. The average molecular weight is 355 g/mol. The molecule has 4 nitrogen and oxygen atoms in total. The molecule has 0 aliphatic rings. The number of rotatable bonds is 4.